The van der Waals surface area contributed by atoms with E-state index in [-0.39, 0.29) is 6.04 Å². The lowest BCUT2D eigenvalue weighted by molar-refractivity contribution is -0.0797. The molecule has 1 unspecified atom stereocenters. The Kier molecular flexibility index (Phi) is 7.15. The molecule has 6 nitrogen and oxygen atoms in total. The maximum Gasteiger partial charge on any atom is 0.413 e. The van der Waals surface area contributed by atoms with Crippen LogP contribution in [0, 0.1) is 5.92 Å². The number of amides is 1. The molecule has 180 valence electrons. The summed E-state index contributed by atoms with van der Waals surface area (Å²) in [6, 6.07) is 10.8. The molecule has 2 N–H and O–H groups in total. The van der Waals surface area contributed by atoms with Crippen molar-refractivity contribution in [3.8, 4) is 11.1 Å². The molecule has 1 aliphatic rings. The number of hydrogen-bond donors (Lipinski definition) is 1. The Labute approximate surface area is 196 Å². The minimum atomic E-state index is -1.00. The van der Waals surface area contributed by atoms with Gasteiger partial charge in [-0.2, -0.15) is 0 Å². The highest BCUT2D eigenvalue weighted by molar-refractivity contribution is 5.70. The fourth-order valence-corrected chi connectivity index (χ4v) is 4.07. The molecule has 1 fully saturated rings. The standard InChI is InChI=1S/C26H36FN3O3/c1-16(2)22(28)20-13-12-19(15-29-20)17-8-10-18(11-9-17)23-21(14-27)30(26(6,7)32-23)24(31)33-25(3,4)5/h8-13,15-16,21-23H,14,28H2,1-7H3/t21-,22?,23-/m1/s1. The Bertz CT molecular complexity index is 952. The Morgan fingerprint density at radius 1 is 1.18 bits per heavy atom. The lowest BCUT2D eigenvalue weighted by Crippen LogP contribution is -2.50. The molecular weight excluding hydrogens is 421 g/mol. The van der Waals surface area contributed by atoms with Crippen molar-refractivity contribution in [1.29, 1.82) is 0 Å². The number of rotatable bonds is 5. The average Bonchev–Trinajstić information content (AvgIpc) is 3.02. The quantitative estimate of drug-likeness (QED) is 0.615. The first-order chi connectivity index (χ1) is 15.3. The van der Waals surface area contributed by atoms with Crippen LogP contribution < -0.4 is 5.73 Å². The molecule has 1 aliphatic heterocycles. The third-order valence-corrected chi connectivity index (χ3v) is 5.84. The SMILES string of the molecule is CC(C)C(N)c1ccc(-c2ccc([C@H]3OC(C)(C)N(C(=O)OC(C)(C)C)[C@@H]3CF)cc2)cn1. The van der Waals surface area contributed by atoms with Gasteiger partial charge in [-0.25, -0.2) is 9.18 Å². The summed E-state index contributed by atoms with van der Waals surface area (Å²) in [7, 11) is 0. The van der Waals surface area contributed by atoms with Gasteiger partial charge in [0.1, 0.15) is 24.1 Å². The van der Waals surface area contributed by atoms with Crippen LogP contribution in [0.1, 0.15) is 71.9 Å². The van der Waals surface area contributed by atoms with Gasteiger partial charge in [0.2, 0.25) is 0 Å². The average molecular weight is 458 g/mol. The van der Waals surface area contributed by atoms with Gasteiger partial charge in [0.25, 0.3) is 0 Å². The van der Waals surface area contributed by atoms with Gasteiger partial charge < -0.3 is 15.2 Å². The fraction of sp³-hybridized carbons (Fsp3) is 0.538. The summed E-state index contributed by atoms with van der Waals surface area (Å²) >= 11 is 0. The number of hydrogen-bond acceptors (Lipinski definition) is 5. The molecule has 0 bridgehead atoms. The molecule has 2 heterocycles. The molecule has 1 aromatic heterocycles. The smallest absolute Gasteiger partial charge is 0.413 e. The highest BCUT2D eigenvalue weighted by Crippen LogP contribution is 2.42. The second kappa shape index (κ2) is 9.39. The summed E-state index contributed by atoms with van der Waals surface area (Å²) in [5.41, 5.74) is 8.10. The van der Waals surface area contributed by atoms with E-state index in [1.807, 2.05) is 42.6 Å². The Hall–Kier alpha value is -2.51. The van der Waals surface area contributed by atoms with Crippen LogP contribution >= 0.6 is 0 Å². The maximum atomic E-state index is 14.2. The molecule has 1 amide bonds. The zero-order valence-corrected chi connectivity index (χ0v) is 20.6. The summed E-state index contributed by atoms with van der Waals surface area (Å²) in [4.78, 5) is 18.7. The van der Waals surface area contributed by atoms with E-state index >= 15 is 0 Å². The van der Waals surface area contributed by atoms with E-state index in [1.54, 1.807) is 34.6 Å². The van der Waals surface area contributed by atoms with Gasteiger partial charge >= 0.3 is 6.09 Å². The molecule has 3 rings (SSSR count). The van der Waals surface area contributed by atoms with Crippen LogP contribution in [0.3, 0.4) is 0 Å². The van der Waals surface area contributed by atoms with Crippen molar-refractivity contribution < 1.29 is 18.7 Å². The summed E-state index contributed by atoms with van der Waals surface area (Å²) < 4.78 is 25.8. The second-order valence-electron chi connectivity index (χ2n) is 10.4. The van der Waals surface area contributed by atoms with Crippen LogP contribution in [0.5, 0.6) is 0 Å². The van der Waals surface area contributed by atoms with Crippen LogP contribution in [0.25, 0.3) is 11.1 Å². The zero-order chi connectivity index (χ0) is 24.6. The Balaban J connectivity index is 1.82. The summed E-state index contributed by atoms with van der Waals surface area (Å²) in [5.74, 6) is 0.307. The van der Waals surface area contributed by atoms with E-state index in [9.17, 15) is 9.18 Å². The normalized spacial score (nSPS) is 21.3. The number of aromatic nitrogens is 1. The van der Waals surface area contributed by atoms with Gasteiger partial charge in [-0.3, -0.25) is 9.88 Å². The highest BCUT2D eigenvalue weighted by atomic mass is 19.1. The summed E-state index contributed by atoms with van der Waals surface area (Å²) in [6.07, 6.45) is 0.632. The van der Waals surface area contributed by atoms with Crippen molar-refractivity contribution >= 4 is 6.09 Å². The number of carbonyl (C=O) groups excluding carboxylic acids is 1. The number of benzene rings is 1. The van der Waals surface area contributed by atoms with Crippen molar-refractivity contribution in [2.75, 3.05) is 6.67 Å². The minimum absolute atomic E-state index is 0.102. The topological polar surface area (TPSA) is 77.7 Å². The number of nitrogens with two attached hydrogens (primary N) is 1. The van der Waals surface area contributed by atoms with Crippen LogP contribution in [-0.4, -0.2) is 40.0 Å². The largest absolute Gasteiger partial charge is 0.444 e. The summed E-state index contributed by atoms with van der Waals surface area (Å²) in [5, 5.41) is 0. The lowest BCUT2D eigenvalue weighted by Gasteiger charge is -2.34. The van der Waals surface area contributed by atoms with Crippen molar-refractivity contribution in [2.24, 2.45) is 11.7 Å². The summed E-state index contributed by atoms with van der Waals surface area (Å²) in [6.45, 7) is 12.3. The van der Waals surface area contributed by atoms with Crippen molar-refractivity contribution in [1.82, 2.24) is 9.88 Å². The molecule has 0 radical (unpaired) electrons. The van der Waals surface area contributed by atoms with Crippen LogP contribution in [0.4, 0.5) is 9.18 Å². The fourth-order valence-electron chi connectivity index (χ4n) is 4.07. The van der Waals surface area contributed by atoms with E-state index in [1.165, 1.54) is 4.90 Å². The van der Waals surface area contributed by atoms with E-state index < -0.39 is 36.2 Å². The van der Waals surface area contributed by atoms with Gasteiger partial charge in [-0.05, 0) is 57.7 Å². The predicted octanol–water partition coefficient (Wildman–Crippen LogP) is 5.79. The van der Waals surface area contributed by atoms with E-state index in [4.69, 9.17) is 15.2 Å². The molecule has 1 saturated heterocycles. The number of nitrogens with zero attached hydrogens (tertiary/aromatic N) is 2. The molecule has 7 heteroatoms. The molecule has 0 aliphatic carbocycles. The number of halogens is 1. The number of carbonyl (C=O) groups is 1. The third kappa shape index (κ3) is 5.53. The number of pyridine rings is 1. The molecule has 2 aromatic rings. The van der Waals surface area contributed by atoms with Gasteiger partial charge in [-0.1, -0.05) is 44.2 Å². The molecule has 0 spiro atoms. The van der Waals surface area contributed by atoms with Gasteiger partial charge in [-0.15, -0.1) is 0 Å². The van der Waals surface area contributed by atoms with Crippen LogP contribution in [0.2, 0.25) is 0 Å². The molecule has 33 heavy (non-hydrogen) atoms. The lowest BCUT2D eigenvalue weighted by atomic mass is 9.98. The minimum Gasteiger partial charge on any atom is -0.444 e. The van der Waals surface area contributed by atoms with Crippen LogP contribution in [0.15, 0.2) is 42.6 Å². The first-order valence-electron chi connectivity index (χ1n) is 11.4. The maximum absolute atomic E-state index is 14.2. The molecule has 3 atom stereocenters. The highest BCUT2D eigenvalue weighted by Gasteiger charge is 2.51. The van der Waals surface area contributed by atoms with E-state index in [2.05, 4.69) is 18.8 Å². The Morgan fingerprint density at radius 3 is 2.27 bits per heavy atom. The zero-order valence-electron chi connectivity index (χ0n) is 20.6. The van der Waals surface area contributed by atoms with Crippen molar-refractivity contribution in [3.63, 3.8) is 0 Å². The second-order valence-corrected chi connectivity index (χ2v) is 10.4. The van der Waals surface area contributed by atoms with Gasteiger partial charge in [0, 0.05) is 17.8 Å². The van der Waals surface area contributed by atoms with Gasteiger partial charge in [0.15, 0.2) is 0 Å². The van der Waals surface area contributed by atoms with E-state index in [0.717, 1.165) is 22.4 Å². The predicted molar refractivity (Wildman–Crippen MR) is 127 cm³/mol. The third-order valence-electron chi connectivity index (χ3n) is 5.84. The molecule has 0 saturated carbocycles. The van der Waals surface area contributed by atoms with Crippen molar-refractivity contribution in [3.05, 3.63) is 53.9 Å². The van der Waals surface area contributed by atoms with Crippen molar-refractivity contribution in [2.45, 2.75) is 78.0 Å². The van der Waals surface area contributed by atoms with Crippen LogP contribution in [-0.2, 0) is 9.47 Å². The number of alkyl halides is 1. The first-order valence-corrected chi connectivity index (χ1v) is 11.4. The monoisotopic (exact) mass is 457 g/mol. The molecule has 1 aromatic carbocycles. The van der Waals surface area contributed by atoms with Gasteiger partial charge in [0.05, 0.1) is 11.7 Å². The number of ether oxygens (including phenoxy) is 2. The molecular formula is C26H36FN3O3. The van der Waals surface area contributed by atoms with E-state index in [0.29, 0.717) is 5.92 Å². The Morgan fingerprint density at radius 2 is 1.79 bits per heavy atom. The first kappa shape index (κ1) is 25.1.